The number of benzene rings is 1. The molecule has 82 valence electrons. The topological polar surface area (TPSA) is 55.0 Å². The molecule has 0 spiro atoms. The fourth-order valence-corrected chi connectivity index (χ4v) is 1.80. The number of carbonyl (C=O) groups is 1. The van der Waals surface area contributed by atoms with E-state index in [4.69, 9.17) is 0 Å². The number of aromatic amines is 1. The molecule has 0 fully saturated rings. The molecule has 2 rings (SSSR count). The Labute approximate surface area is 101 Å². The Kier molecular flexibility index (Phi) is 3.05. The van der Waals surface area contributed by atoms with Gasteiger partial charge in [-0.3, -0.25) is 0 Å². The average molecular weight is 281 g/mol. The van der Waals surface area contributed by atoms with Crippen LogP contribution in [0.5, 0.6) is 0 Å². The quantitative estimate of drug-likeness (QED) is 0.861. The monoisotopic (exact) mass is 280 g/mol. The first-order chi connectivity index (χ1) is 7.72. The Morgan fingerprint density at radius 1 is 1.50 bits per heavy atom. The first-order valence-electron chi connectivity index (χ1n) is 4.60. The maximum absolute atomic E-state index is 11.4. The lowest BCUT2D eigenvalue weighted by Gasteiger charge is -2.04. The first kappa shape index (κ1) is 10.9. The Balaban J connectivity index is 2.49. The molecule has 0 saturated heterocycles. The summed E-state index contributed by atoms with van der Waals surface area (Å²) in [6.45, 7) is 0. The van der Waals surface area contributed by atoms with Crippen molar-refractivity contribution in [3.05, 3.63) is 40.6 Å². The molecule has 0 saturated carbocycles. The number of carbonyl (C=O) groups excluding carboxylic acids is 1. The molecule has 2 aromatic rings. The Hall–Kier alpha value is -1.62. The van der Waals surface area contributed by atoms with Crippen molar-refractivity contribution >= 4 is 21.9 Å². The molecular weight excluding hydrogens is 272 g/mol. The van der Waals surface area contributed by atoms with Crippen molar-refractivity contribution < 1.29 is 9.53 Å². The summed E-state index contributed by atoms with van der Waals surface area (Å²) in [5.74, 6) is 0.345. The Morgan fingerprint density at radius 3 is 2.94 bits per heavy atom. The van der Waals surface area contributed by atoms with E-state index in [0.717, 1.165) is 10.0 Å². The summed E-state index contributed by atoms with van der Waals surface area (Å²) in [4.78, 5) is 18.5. The van der Waals surface area contributed by atoms with Crippen LogP contribution in [0.3, 0.4) is 0 Å². The van der Waals surface area contributed by atoms with E-state index in [1.54, 1.807) is 30.6 Å². The van der Waals surface area contributed by atoms with Crippen LogP contribution in [0.1, 0.15) is 10.4 Å². The van der Waals surface area contributed by atoms with E-state index in [1.807, 2.05) is 0 Å². The maximum atomic E-state index is 11.4. The standard InChI is InChI=1S/C11H9BrN2O2/c1-16-11(15)7-2-3-9(12)8(6-7)10-13-4-5-14-10/h2-6H,1H3,(H,13,14). The van der Waals surface area contributed by atoms with Crippen LogP contribution in [0.4, 0.5) is 0 Å². The second-order valence-corrected chi connectivity index (χ2v) is 3.98. The lowest BCUT2D eigenvalue weighted by atomic mass is 10.1. The SMILES string of the molecule is COC(=O)c1ccc(Br)c(-c2ncc[nH]2)c1. The number of nitrogens with zero attached hydrogens (tertiary/aromatic N) is 1. The summed E-state index contributed by atoms with van der Waals surface area (Å²) in [7, 11) is 1.36. The van der Waals surface area contributed by atoms with Gasteiger partial charge in [0.15, 0.2) is 0 Å². The molecule has 0 amide bonds. The fourth-order valence-electron chi connectivity index (χ4n) is 1.36. The lowest BCUT2D eigenvalue weighted by Crippen LogP contribution is -2.01. The van der Waals surface area contributed by atoms with Gasteiger partial charge in [0, 0.05) is 22.4 Å². The summed E-state index contributed by atoms with van der Waals surface area (Å²) < 4.78 is 5.53. The molecule has 4 nitrogen and oxygen atoms in total. The van der Waals surface area contributed by atoms with Gasteiger partial charge in [0.1, 0.15) is 5.82 Å². The Bertz CT molecular complexity index is 509. The van der Waals surface area contributed by atoms with Crippen LogP contribution < -0.4 is 0 Å². The van der Waals surface area contributed by atoms with Gasteiger partial charge in [-0.25, -0.2) is 9.78 Å². The molecule has 0 radical (unpaired) electrons. The zero-order valence-electron chi connectivity index (χ0n) is 8.53. The van der Waals surface area contributed by atoms with Crippen LogP contribution in [-0.4, -0.2) is 23.0 Å². The zero-order valence-corrected chi connectivity index (χ0v) is 10.1. The highest BCUT2D eigenvalue weighted by molar-refractivity contribution is 9.10. The predicted octanol–water partition coefficient (Wildman–Crippen LogP) is 2.63. The second kappa shape index (κ2) is 4.49. The van der Waals surface area contributed by atoms with Gasteiger partial charge in [0.2, 0.25) is 0 Å². The molecule has 0 bridgehead atoms. The minimum atomic E-state index is -0.361. The molecule has 0 atom stereocenters. The number of hydrogen-bond donors (Lipinski definition) is 1. The third-order valence-corrected chi connectivity index (χ3v) is 2.83. The minimum absolute atomic E-state index is 0.361. The number of methoxy groups -OCH3 is 1. The maximum Gasteiger partial charge on any atom is 0.337 e. The van der Waals surface area contributed by atoms with Crippen molar-refractivity contribution in [1.29, 1.82) is 0 Å². The van der Waals surface area contributed by atoms with Crippen LogP contribution in [-0.2, 0) is 4.74 Å². The van der Waals surface area contributed by atoms with Crippen LogP contribution >= 0.6 is 15.9 Å². The van der Waals surface area contributed by atoms with Crippen molar-refractivity contribution in [2.75, 3.05) is 7.11 Å². The van der Waals surface area contributed by atoms with Gasteiger partial charge in [-0.15, -0.1) is 0 Å². The summed E-state index contributed by atoms with van der Waals surface area (Å²) >= 11 is 3.41. The van der Waals surface area contributed by atoms with E-state index < -0.39 is 0 Å². The fraction of sp³-hybridized carbons (Fsp3) is 0.0909. The van der Waals surface area contributed by atoms with E-state index in [9.17, 15) is 4.79 Å². The smallest absolute Gasteiger partial charge is 0.337 e. The summed E-state index contributed by atoms with van der Waals surface area (Å²) in [5, 5.41) is 0. The highest BCUT2D eigenvalue weighted by Crippen LogP contribution is 2.26. The number of H-pyrrole nitrogens is 1. The normalized spacial score (nSPS) is 10.1. The van der Waals surface area contributed by atoms with Gasteiger partial charge in [-0.1, -0.05) is 15.9 Å². The molecule has 1 aromatic carbocycles. The average Bonchev–Trinajstić information content (AvgIpc) is 2.82. The van der Waals surface area contributed by atoms with E-state index in [2.05, 4.69) is 30.6 Å². The van der Waals surface area contributed by atoms with Crippen LogP contribution in [0.25, 0.3) is 11.4 Å². The molecule has 5 heteroatoms. The number of imidazole rings is 1. The van der Waals surface area contributed by atoms with Crippen molar-refractivity contribution in [3.8, 4) is 11.4 Å². The van der Waals surface area contributed by atoms with Crippen molar-refractivity contribution in [1.82, 2.24) is 9.97 Å². The largest absolute Gasteiger partial charge is 0.465 e. The third kappa shape index (κ3) is 1.99. The molecule has 0 unspecified atom stereocenters. The van der Waals surface area contributed by atoms with Gasteiger partial charge in [0.25, 0.3) is 0 Å². The molecule has 0 aliphatic carbocycles. The lowest BCUT2D eigenvalue weighted by molar-refractivity contribution is 0.0601. The van der Waals surface area contributed by atoms with E-state index in [1.165, 1.54) is 7.11 Å². The van der Waals surface area contributed by atoms with Crippen LogP contribution in [0, 0.1) is 0 Å². The number of hydrogen-bond acceptors (Lipinski definition) is 3. The van der Waals surface area contributed by atoms with Crippen LogP contribution in [0.15, 0.2) is 35.1 Å². The number of ether oxygens (including phenoxy) is 1. The number of halogens is 1. The highest BCUT2D eigenvalue weighted by Gasteiger charge is 2.11. The minimum Gasteiger partial charge on any atom is -0.465 e. The number of rotatable bonds is 2. The molecule has 0 aliphatic rings. The van der Waals surface area contributed by atoms with Crippen molar-refractivity contribution in [3.63, 3.8) is 0 Å². The van der Waals surface area contributed by atoms with Crippen LogP contribution in [0.2, 0.25) is 0 Å². The summed E-state index contributed by atoms with van der Waals surface area (Å²) in [5.41, 5.74) is 1.32. The van der Waals surface area contributed by atoms with Gasteiger partial charge in [-0.05, 0) is 18.2 Å². The van der Waals surface area contributed by atoms with Crippen molar-refractivity contribution in [2.45, 2.75) is 0 Å². The first-order valence-corrected chi connectivity index (χ1v) is 5.39. The summed E-state index contributed by atoms with van der Waals surface area (Å²) in [6.07, 6.45) is 3.39. The molecule has 1 aromatic heterocycles. The molecule has 16 heavy (non-hydrogen) atoms. The number of nitrogens with one attached hydrogen (secondary N) is 1. The van der Waals surface area contributed by atoms with Crippen molar-refractivity contribution in [2.24, 2.45) is 0 Å². The Morgan fingerprint density at radius 2 is 2.31 bits per heavy atom. The predicted molar refractivity (Wildman–Crippen MR) is 63.1 cm³/mol. The van der Waals surface area contributed by atoms with Gasteiger partial charge >= 0.3 is 5.97 Å². The second-order valence-electron chi connectivity index (χ2n) is 3.12. The molecule has 1 N–H and O–H groups in total. The van der Waals surface area contributed by atoms with Gasteiger partial charge < -0.3 is 9.72 Å². The van der Waals surface area contributed by atoms with E-state index >= 15 is 0 Å². The zero-order chi connectivity index (χ0) is 11.5. The van der Waals surface area contributed by atoms with E-state index in [-0.39, 0.29) is 5.97 Å². The molecule has 0 aliphatic heterocycles. The van der Waals surface area contributed by atoms with Gasteiger partial charge in [-0.2, -0.15) is 0 Å². The summed E-state index contributed by atoms with van der Waals surface area (Å²) in [6, 6.07) is 5.22. The van der Waals surface area contributed by atoms with E-state index in [0.29, 0.717) is 11.4 Å². The third-order valence-electron chi connectivity index (χ3n) is 2.14. The molecular formula is C11H9BrN2O2. The number of esters is 1. The highest BCUT2D eigenvalue weighted by atomic mass is 79.9. The van der Waals surface area contributed by atoms with Gasteiger partial charge in [0.05, 0.1) is 12.7 Å². The molecule has 1 heterocycles. The number of aromatic nitrogens is 2.